The minimum Gasteiger partial charge on any atom is -0.394 e. The second kappa shape index (κ2) is 5.93. The zero-order valence-corrected chi connectivity index (χ0v) is 10.5. The normalized spacial score (nSPS) is 12.0. The van der Waals surface area contributed by atoms with E-state index in [1.54, 1.807) is 11.3 Å². The molecule has 0 aliphatic carbocycles. The molecule has 1 aromatic rings. The van der Waals surface area contributed by atoms with Gasteiger partial charge in [0.1, 0.15) is 0 Å². The highest BCUT2D eigenvalue weighted by Gasteiger charge is 2.27. The van der Waals surface area contributed by atoms with Gasteiger partial charge in [-0.05, 0) is 27.4 Å². The molecule has 0 aromatic carbocycles. The summed E-state index contributed by atoms with van der Waals surface area (Å²) in [6, 6.07) is 1.93. The third-order valence-corrected chi connectivity index (χ3v) is 4.15. The number of hydrogen-bond donors (Lipinski definition) is 4. The predicted octanol–water partition coefficient (Wildman–Crippen LogP) is 0.316. The molecule has 0 saturated carbocycles. The van der Waals surface area contributed by atoms with E-state index in [9.17, 15) is 0 Å². The topological polar surface area (TPSA) is 72.7 Å². The first kappa shape index (κ1) is 13.1. The first-order chi connectivity index (χ1) is 7.17. The van der Waals surface area contributed by atoms with Crippen LogP contribution in [-0.4, -0.2) is 40.7 Å². The van der Waals surface area contributed by atoms with Crippen LogP contribution in [0.15, 0.2) is 15.9 Å². The van der Waals surface area contributed by atoms with E-state index in [2.05, 4.69) is 21.2 Å². The highest BCUT2D eigenvalue weighted by atomic mass is 79.9. The van der Waals surface area contributed by atoms with E-state index in [1.807, 2.05) is 11.4 Å². The van der Waals surface area contributed by atoms with Gasteiger partial charge in [0.2, 0.25) is 0 Å². The molecule has 0 aliphatic rings. The van der Waals surface area contributed by atoms with Gasteiger partial charge in [-0.1, -0.05) is 0 Å². The molecule has 6 heteroatoms. The summed E-state index contributed by atoms with van der Waals surface area (Å²) in [7, 11) is 0. The average Bonchev–Trinajstić information content (AvgIpc) is 2.67. The quantitative estimate of drug-likeness (QED) is 0.610. The molecule has 4 N–H and O–H groups in total. The van der Waals surface area contributed by atoms with Crippen LogP contribution in [0.3, 0.4) is 0 Å². The van der Waals surface area contributed by atoms with Crippen LogP contribution in [0, 0.1) is 0 Å². The van der Waals surface area contributed by atoms with Crippen molar-refractivity contribution in [2.45, 2.75) is 12.1 Å². The zero-order chi connectivity index (χ0) is 11.3. The third-order valence-electron chi connectivity index (χ3n) is 2.22. The summed E-state index contributed by atoms with van der Waals surface area (Å²) in [5.74, 6) is 0. The number of rotatable bonds is 6. The molecule has 0 aliphatic heterocycles. The molecule has 0 fully saturated rings. The average molecular weight is 296 g/mol. The molecule has 0 bridgehead atoms. The molecule has 0 saturated heterocycles. The van der Waals surface area contributed by atoms with E-state index in [-0.39, 0.29) is 19.8 Å². The van der Waals surface area contributed by atoms with Crippen LogP contribution in [-0.2, 0) is 6.54 Å². The molecular formula is C9H14BrNO3S. The monoisotopic (exact) mass is 295 g/mol. The molecule has 1 aromatic heterocycles. The highest BCUT2D eigenvalue weighted by molar-refractivity contribution is 9.10. The Balaban J connectivity index is 2.58. The van der Waals surface area contributed by atoms with E-state index < -0.39 is 5.54 Å². The van der Waals surface area contributed by atoms with E-state index in [1.165, 1.54) is 0 Å². The van der Waals surface area contributed by atoms with Crippen molar-refractivity contribution < 1.29 is 15.3 Å². The van der Waals surface area contributed by atoms with Gasteiger partial charge in [-0.2, -0.15) is 0 Å². The van der Waals surface area contributed by atoms with Crippen molar-refractivity contribution in [2.24, 2.45) is 0 Å². The molecular weight excluding hydrogens is 282 g/mol. The molecule has 86 valence electrons. The lowest BCUT2D eigenvalue weighted by Gasteiger charge is -2.28. The molecule has 4 nitrogen and oxygen atoms in total. The van der Waals surface area contributed by atoms with E-state index >= 15 is 0 Å². The molecule has 1 heterocycles. The number of nitrogens with one attached hydrogen (secondary N) is 1. The van der Waals surface area contributed by atoms with E-state index in [0.29, 0.717) is 6.54 Å². The van der Waals surface area contributed by atoms with Crippen molar-refractivity contribution in [3.05, 3.63) is 20.8 Å². The van der Waals surface area contributed by atoms with Gasteiger partial charge in [0.25, 0.3) is 0 Å². The summed E-state index contributed by atoms with van der Waals surface area (Å²) in [4.78, 5) is 1.06. The Morgan fingerprint density at radius 2 is 1.87 bits per heavy atom. The second-order valence-electron chi connectivity index (χ2n) is 3.30. The fourth-order valence-electron chi connectivity index (χ4n) is 1.04. The Labute approximate surface area is 101 Å². The molecule has 15 heavy (non-hydrogen) atoms. The smallest absolute Gasteiger partial charge is 0.0884 e. The van der Waals surface area contributed by atoms with Gasteiger partial charge in [0.05, 0.1) is 25.4 Å². The summed E-state index contributed by atoms with van der Waals surface area (Å²) in [6.45, 7) is -0.408. The maximum atomic E-state index is 9.08. The first-order valence-electron chi connectivity index (χ1n) is 4.47. The Bertz CT molecular complexity index is 293. The van der Waals surface area contributed by atoms with Gasteiger partial charge in [0.15, 0.2) is 0 Å². The largest absolute Gasteiger partial charge is 0.394 e. The third kappa shape index (κ3) is 3.24. The Morgan fingerprint density at radius 3 is 2.27 bits per heavy atom. The highest BCUT2D eigenvalue weighted by Crippen LogP contribution is 2.22. The van der Waals surface area contributed by atoms with Crippen LogP contribution in [0.1, 0.15) is 4.88 Å². The summed E-state index contributed by atoms with van der Waals surface area (Å²) in [5, 5.41) is 32.2. The Hall–Kier alpha value is 0.0200. The van der Waals surface area contributed by atoms with Crippen LogP contribution in [0.4, 0.5) is 0 Å². The minimum atomic E-state index is -1.01. The number of thiophene rings is 1. The zero-order valence-electron chi connectivity index (χ0n) is 8.11. The summed E-state index contributed by atoms with van der Waals surface area (Å²) < 4.78 is 0.989. The van der Waals surface area contributed by atoms with Gasteiger partial charge in [0, 0.05) is 15.9 Å². The maximum absolute atomic E-state index is 9.08. The number of halogens is 1. The number of aliphatic hydroxyl groups is 3. The van der Waals surface area contributed by atoms with Crippen molar-refractivity contribution in [1.29, 1.82) is 0 Å². The van der Waals surface area contributed by atoms with Crippen molar-refractivity contribution in [1.82, 2.24) is 5.32 Å². The lowest BCUT2D eigenvalue weighted by Crippen LogP contribution is -2.54. The van der Waals surface area contributed by atoms with Crippen LogP contribution in [0.5, 0.6) is 0 Å². The Kier molecular flexibility index (Phi) is 5.17. The van der Waals surface area contributed by atoms with Crippen molar-refractivity contribution in [2.75, 3.05) is 19.8 Å². The molecule has 0 spiro atoms. The summed E-state index contributed by atoms with van der Waals surface area (Å²) in [5.41, 5.74) is -1.01. The predicted molar refractivity (Wildman–Crippen MR) is 62.8 cm³/mol. The van der Waals surface area contributed by atoms with Gasteiger partial charge >= 0.3 is 0 Å². The lowest BCUT2D eigenvalue weighted by molar-refractivity contribution is 0.0415. The van der Waals surface area contributed by atoms with Gasteiger partial charge in [-0.15, -0.1) is 11.3 Å². The standard InChI is InChI=1S/C9H14BrNO3S/c10-7-1-2-15-8(7)3-11-9(4-12,5-13)6-14/h1-2,11-14H,3-6H2. The van der Waals surface area contributed by atoms with Crippen LogP contribution in [0.25, 0.3) is 0 Å². The van der Waals surface area contributed by atoms with Crippen molar-refractivity contribution in [3.8, 4) is 0 Å². The molecule has 0 radical (unpaired) electrons. The fourth-order valence-corrected chi connectivity index (χ4v) is 2.47. The van der Waals surface area contributed by atoms with Crippen molar-refractivity contribution in [3.63, 3.8) is 0 Å². The molecule has 1 rings (SSSR count). The maximum Gasteiger partial charge on any atom is 0.0884 e. The van der Waals surface area contributed by atoms with Crippen molar-refractivity contribution >= 4 is 27.3 Å². The number of hydrogen-bond acceptors (Lipinski definition) is 5. The second-order valence-corrected chi connectivity index (χ2v) is 5.15. The summed E-state index contributed by atoms with van der Waals surface area (Å²) in [6.07, 6.45) is 0. The lowest BCUT2D eigenvalue weighted by atomic mass is 10.0. The van der Waals surface area contributed by atoms with Crippen LogP contribution < -0.4 is 5.32 Å². The van der Waals surface area contributed by atoms with Gasteiger partial charge in [-0.25, -0.2) is 0 Å². The molecule has 0 atom stereocenters. The Morgan fingerprint density at radius 1 is 1.27 bits per heavy atom. The summed E-state index contributed by atoms with van der Waals surface area (Å²) >= 11 is 4.95. The minimum absolute atomic E-state index is 0.303. The van der Waals surface area contributed by atoms with E-state index in [4.69, 9.17) is 15.3 Å². The first-order valence-corrected chi connectivity index (χ1v) is 6.14. The molecule has 0 unspecified atom stereocenters. The van der Waals surface area contributed by atoms with Gasteiger partial charge < -0.3 is 20.6 Å². The van der Waals surface area contributed by atoms with Crippen LogP contribution in [0.2, 0.25) is 0 Å². The SMILES string of the molecule is OCC(CO)(CO)NCc1sccc1Br. The van der Waals surface area contributed by atoms with Gasteiger partial charge in [-0.3, -0.25) is 0 Å². The van der Waals surface area contributed by atoms with E-state index in [0.717, 1.165) is 9.35 Å². The van der Waals surface area contributed by atoms with Crippen LogP contribution >= 0.6 is 27.3 Å². The molecule has 0 amide bonds. The fraction of sp³-hybridized carbons (Fsp3) is 0.556. The number of aliphatic hydroxyl groups excluding tert-OH is 3.